The minimum atomic E-state index is -4.18. The molecule has 1 aromatic rings. The summed E-state index contributed by atoms with van der Waals surface area (Å²) < 4.78 is 31.4. The van der Waals surface area contributed by atoms with E-state index in [0.29, 0.717) is 5.56 Å². The molecular weight excluding hydrogens is 228 g/mol. The van der Waals surface area contributed by atoms with E-state index < -0.39 is 21.5 Å². The van der Waals surface area contributed by atoms with E-state index in [1.807, 2.05) is 0 Å². The summed E-state index contributed by atoms with van der Waals surface area (Å²) in [4.78, 5) is 0. The van der Waals surface area contributed by atoms with E-state index in [2.05, 4.69) is 0 Å². The van der Waals surface area contributed by atoms with Crippen LogP contribution in [0.25, 0.3) is 0 Å². The van der Waals surface area contributed by atoms with Crippen molar-refractivity contribution in [2.45, 2.75) is 25.9 Å². The van der Waals surface area contributed by atoms with Crippen molar-refractivity contribution in [1.29, 1.82) is 0 Å². The van der Waals surface area contributed by atoms with Gasteiger partial charge < -0.3 is 9.66 Å². The Kier molecular flexibility index (Phi) is 3.72. The summed E-state index contributed by atoms with van der Waals surface area (Å²) >= 11 is 0. The van der Waals surface area contributed by atoms with E-state index in [1.165, 1.54) is 0 Å². The van der Waals surface area contributed by atoms with E-state index in [0.717, 1.165) is 5.56 Å². The molecule has 1 N–H and O–H groups in total. The first-order chi connectivity index (χ1) is 7.18. The van der Waals surface area contributed by atoms with Crippen molar-refractivity contribution in [3.05, 3.63) is 35.4 Å². The van der Waals surface area contributed by atoms with Crippen LogP contribution in [0.2, 0.25) is 0 Å². The molecule has 0 saturated carbocycles. The second-order valence-electron chi connectivity index (χ2n) is 4.27. The van der Waals surface area contributed by atoms with Crippen molar-refractivity contribution in [2.24, 2.45) is 0 Å². The molecule has 1 aromatic carbocycles. The Morgan fingerprint density at radius 1 is 1.38 bits per heavy atom. The summed E-state index contributed by atoms with van der Waals surface area (Å²) in [6.07, 6.45) is 0.176. The van der Waals surface area contributed by atoms with Gasteiger partial charge in [0.2, 0.25) is 0 Å². The molecule has 0 bridgehead atoms. The fourth-order valence-electron chi connectivity index (χ4n) is 1.35. The second-order valence-corrected chi connectivity index (χ2v) is 5.79. The Hall–Kier alpha value is -0.910. The van der Waals surface area contributed by atoms with Gasteiger partial charge in [-0.2, -0.15) is 0 Å². The molecule has 0 unspecified atom stereocenters. The van der Waals surface area contributed by atoms with Crippen LogP contribution in [-0.4, -0.2) is 23.8 Å². The molecule has 0 fully saturated rings. The average molecular weight is 243 g/mol. The van der Waals surface area contributed by atoms with Crippen LogP contribution in [0, 0.1) is 0 Å². The van der Waals surface area contributed by atoms with Crippen molar-refractivity contribution < 1.29 is 18.1 Å². The van der Waals surface area contributed by atoms with Crippen LogP contribution in [0.5, 0.6) is 0 Å². The molecule has 0 heterocycles. The number of hydrogen-bond acceptors (Lipinski definition) is 4. The van der Waals surface area contributed by atoms with Crippen molar-refractivity contribution in [3.8, 4) is 0 Å². The Morgan fingerprint density at radius 3 is 2.50 bits per heavy atom. The smallest absolute Gasteiger partial charge is 0.0949 e. The summed E-state index contributed by atoms with van der Waals surface area (Å²) in [5, 5.41) is 9.76. The molecule has 16 heavy (non-hydrogen) atoms. The van der Waals surface area contributed by atoms with Gasteiger partial charge in [0, 0.05) is 5.75 Å². The van der Waals surface area contributed by atoms with Gasteiger partial charge in [0.15, 0.2) is 0 Å². The maximum Gasteiger partial charge on any atom is 0.0949 e. The molecule has 5 heteroatoms. The number of benzene rings is 1. The quantitative estimate of drug-likeness (QED) is 0.800. The number of aryl methyl sites for hydroxylation is 1. The molecule has 0 radical (unpaired) electrons. The summed E-state index contributed by atoms with van der Waals surface area (Å²) in [6, 6.07) is 6.95. The molecule has 0 amide bonds. The van der Waals surface area contributed by atoms with Crippen LogP contribution in [0.15, 0.2) is 24.3 Å². The van der Waals surface area contributed by atoms with Gasteiger partial charge in [-0.05, 0) is 31.4 Å². The highest BCUT2D eigenvalue weighted by atomic mass is 32.2. The maximum absolute atomic E-state index is 10.5. The van der Waals surface area contributed by atoms with E-state index >= 15 is 0 Å². The lowest BCUT2D eigenvalue weighted by Crippen LogP contribution is -2.16. The highest BCUT2D eigenvalue weighted by Gasteiger charge is 2.15. The Labute approximate surface area is 95.7 Å². The lowest BCUT2D eigenvalue weighted by molar-refractivity contribution is 0.0785. The summed E-state index contributed by atoms with van der Waals surface area (Å²) in [5.74, 6) is -0.414. The minimum absolute atomic E-state index is 0.176. The standard InChI is InChI=1S/C11H16O4S/c1-11(2,12)10-5-3-4-9(8-10)6-7-16(13,14)15/h3-5,8,12H,6-7H2,1-2H3,(H,13,14,15)/p-1. The van der Waals surface area contributed by atoms with Crippen LogP contribution in [0.3, 0.4) is 0 Å². The third-order valence-electron chi connectivity index (χ3n) is 2.27. The molecule has 1 rings (SSSR count). The summed E-state index contributed by atoms with van der Waals surface area (Å²) in [6.45, 7) is 3.30. The molecule has 0 aliphatic rings. The predicted octanol–water partition coefficient (Wildman–Crippen LogP) is 1.00. The van der Waals surface area contributed by atoms with Crippen molar-refractivity contribution in [2.75, 3.05) is 5.75 Å². The molecule has 0 aliphatic carbocycles. The molecule has 0 atom stereocenters. The van der Waals surface area contributed by atoms with Gasteiger partial charge in [0.25, 0.3) is 0 Å². The van der Waals surface area contributed by atoms with Crippen LogP contribution in [0.4, 0.5) is 0 Å². The van der Waals surface area contributed by atoms with Crippen molar-refractivity contribution in [1.82, 2.24) is 0 Å². The fraction of sp³-hybridized carbons (Fsp3) is 0.455. The first-order valence-corrected chi connectivity index (χ1v) is 6.51. The highest BCUT2D eigenvalue weighted by Crippen LogP contribution is 2.20. The van der Waals surface area contributed by atoms with Crippen molar-refractivity contribution >= 4 is 10.1 Å². The second kappa shape index (κ2) is 4.53. The van der Waals surface area contributed by atoms with E-state index in [9.17, 15) is 18.1 Å². The summed E-state index contributed by atoms with van der Waals surface area (Å²) in [7, 11) is -4.18. The zero-order chi connectivity index (χ0) is 12.4. The zero-order valence-electron chi connectivity index (χ0n) is 9.30. The molecule has 0 saturated heterocycles. The Morgan fingerprint density at radius 2 is 2.00 bits per heavy atom. The molecule has 0 spiro atoms. The lowest BCUT2D eigenvalue weighted by atomic mass is 9.96. The monoisotopic (exact) mass is 243 g/mol. The van der Waals surface area contributed by atoms with Gasteiger partial charge in [-0.3, -0.25) is 0 Å². The SMILES string of the molecule is CC(C)(O)c1cccc(CCS(=O)(=O)[O-])c1. The van der Waals surface area contributed by atoms with E-state index in [-0.39, 0.29) is 6.42 Å². The normalized spacial score (nSPS) is 12.8. The summed E-state index contributed by atoms with van der Waals surface area (Å²) in [5.41, 5.74) is 0.471. The third-order valence-corrected chi connectivity index (χ3v) is 2.98. The van der Waals surface area contributed by atoms with Gasteiger partial charge in [-0.25, -0.2) is 8.42 Å². The maximum atomic E-state index is 10.5. The predicted molar refractivity (Wildman–Crippen MR) is 60.0 cm³/mol. The molecule has 90 valence electrons. The minimum Gasteiger partial charge on any atom is -0.748 e. The van der Waals surface area contributed by atoms with E-state index in [1.54, 1.807) is 38.1 Å². The van der Waals surface area contributed by atoms with Gasteiger partial charge in [0.1, 0.15) is 0 Å². The van der Waals surface area contributed by atoms with Gasteiger partial charge in [-0.1, -0.05) is 24.3 Å². The topological polar surface area (TPSA) is 77.4 Å². The number of aliphatic hydroxyl groups is 1. The number of hydrogen-bond donors (Lipinski definition) is 1. The van der Waals surface area contributed by atoms with Crippen molar-refractivity contribution in [3.63, 3.8) is 0 Å². The lowest BCUT2D eigenvalue weighted by Gasteiger charge is -2.18. The molecule has 0 aromatic heterocycles. The third kappa shape index (κ3) is 4.30. The first-order valence-electron chi connectivity index (χ1n) is 4.94. The van der Waals surface area contributed by atoms with Gasteiger partial charge in [-0.15, -0.1) is 0 Å². The van der Waals surface area contributed by atoms with Crippen LogP contribution >= 0.6 is 0 Å². The van der Waals surface area contributed by atoms with Crippen LogP contribution in [0.1, 0.15) is 25.0 Å². The first kappa shape index (κ1) is 13.2. The van der Waals surface area contributed by atoms with Gasteiger partial charge >= 0.3 is 0 Å². The van der Waals surface area contributed by atoms with Crippen LogP contribution in [-0.2, 0) is 22.1 Å². The van der Waals surface area contributed by atoms with Gasteiger partial charge in [0.05, 0.1) is 15.7 Å². The Balaban J connectivity index is 2.84. The average Bonchev–Trinajstić information content (AvgIpc) is 2.13. The molecule has 4 nitrogen and oxygen atoms in total. The fourth-order valence-corrected chi connectivity index (χ4v) is 1.84. The Bertz CT molecular complexity index is 457. The van der Waals surface area contributed by atoms with E-state index in [4.69, 9.17) is 0 Å². The number of rotatable bonds is 4. The van der Waals surface area contributed by atoms with Crippen LogP contribution < -0.4 is 0 Å². The highest BCUT2D eigenvalue weighted by molar-refractivity contribution is 7.85. The zero-order valence-corrected chi connectivity index (χ0v) is 10.1. The molecule has 0 aliphatic heterocycles. The largest absolute Gasteiger partial charge is 0.748 e. The molecular formula is C11H15O4S-.